The standard InChI is InChI=1S/C14H23NO2/c1-9-5-10(2)14(11(3)6-9)13(17)8-15-7-12(4)16/h5-6,12-13,15-17H,7-8H2,1-4H3. The summed E-state index contributed by atoms with van der Waals surface area (Å²) in [6, 6.07) is 4.17. The Balaban J connectivity index is 2.72. The average Bonchev–Trinajstić information content (AvgIpc) is 2.14. The van der Waals surface area contributed by atoms with Crippen LogP contribution in [0.25, 0.3) is 0 Å². The minimum atomic E-state index is -0.519. The molecule has 2 atom stereocenters. The Morgan fingerprint density at radius 1 is 1.06 bits per heavy atom. The molecule has 0 bridgehead atoms. The van der Waals surface area contributed by atoms with Gasteiger partial charge in [0.25, 0.3) is 0 Å². The highest BCUT2D eigenvalue weighted by Gasteiger charge is 2.13. The molecular weight excluding hydrogens is 214 g/mol. The van der Waals surface area contributed by atoms with Crippen molar-refractivity contribution in [3.63, 3.8) is 0 Å². The summed E-state index contributed by atoms with van der Waals surface area (Å²) in [6.07, 6.45) is -0.906. The van der Waals surface area contributed by atoms with Crippen LogP contribution in [-0.2, 0) is 0 Å². The van der Waals surface area contributed by atoms with Gasteiger partial charge >= 0.3 is 0 Å². The molecule has 96 valence electrons. The molecule has 0 saturated heterocycles. The van der Waals surface area contributed by atoms with Crippen molar-refractivity contribution in [2.75, 3.05) is 13.1 Å². The van der Waals surface area contributed by atoms with Crippen LogP contribution in [0.5, 0.6) is 0 Å². The third-order valence-corrected chi connectivity index (χ3v) is 2.85. The van der Waals surface area contributed by atoms with Crippen LogP contribution in [0.1, 0.15) is 35.3 Å². The summed E-state index contributed by atoms with van der Waals surface area (Å²) in [5.41, 5.74) is 4.45. The highest BCUT2D eigenvalue weighted by molar-refractivity contribution is 5.39. The van der Waals surface area contributed by atoms with Gasteiger partial charge in [0.15, 0.2) is 0 Å². The van der Waals surface area contributed by atoms with Crippen molar-refractivity contribution < 1.29 is 10.2 Å². The zero-order valence-electron chi connectivity index (χ0n) is 11.1. The largest absolute Gasteiger partial charge is 0.392 e. The fourth-order valence-corrected chi connectivity index (χ4v) is 2.25. The molecule has 0 aliphatic carbocycles. The molecule has 3 N–H and O–H groups in total. The molecule has 1 rings (SSSR count). The van der Waals surface area contributed by atoms with Gasteiger partial charge < -0.3 is 15.5 Å². The van der Waals surface area contributed by atoms with E-state index in [-0.39, 0.29) is 6.10 Å². The average molecular weight is 237 g/mol. The first-order chi connectivity index (χ1) is 7.91. The molecule has 0 aromatic heterocycles. The first kappa shape index (κ1) is 14.2. The van der Waals surface area contributed by atoms with Crippen molar-refractivity contribution in [3.8, 4) is 0 Å². The van der Waals surface area contributed by atoms with Crippen LogP contribution in [0, 0.1) is 20.8 Å². The Labute approximate surface area is 103 Å². The minimum absolute atomic E-state index is 0.387. The number of benzene rings is 1. The highest BCUT2D eigenvalue weighted by Crippen LogP contribution is 2.22. The molecule has 0 heterocycles. The normalized spacial score (nSPS) is 14.7. The molecule has 1 aromatic carbocycles. The molecule has 0 spiro atoms. The van der Waals surface area contributed by atoms with E-state index in [4.69, 9.17) is 5.11 Å². The van der Waals surface area contributed by atoms with Crippen molar-refractivity contribution in [1.29, 1.82) is 0 Å². The third kappa shape index (κ3) is 4.11. The number of aryl methyl sites for hydroxylation is 3. The lowest BCUT2D eigenvalue weighted by Crippen LogP contribution is -2.29. The molecule has 0 fully saturated rings. The van der Waals surface area contributed by atoms with Gasteiger partial charge in [0.2, 0.25) is 0 Å². The van der Waals surface area contributed by atoms with Gasteiger partial charge in [0.05, 0.1) is 12.2 Å². The fraction of sp³-hybridized carbons (Fsp3) is 0.571. The lowest BCUT2D eigenvalue weighted by Gasteiger charge is -2.18. The van der Waals surface area contributed by atoms with Crippen LogP contribution in [-0.4, -0.2) is 29.4 Å². The molecule has 1 aromatic rings. The van der Waals surface area contributed by atoms with Crippen LogP contribution in [0.2, 0.25) is 0 Å². The summed E-state index contributed by atoms with van der Waals surface area (Å²) in [5, 5.41) is 22.3. The number of hydrogen-bond donors (Lipinski definition) is 3. The maximum atomic E-state index is 10.1. The topological polar surface area (TPSA) is 52.5 Å². The van der Waals surface area contributed by atoms with Gasteiger partial charge in [-0.15, -0.1) is 0 Å². The Hall–Kier alpha value is -0.900. The van der Waals surface area contributed by atoms with Crippen LogP contribution in [0.4, 0.5) is 0 Å². The van der Waals surface area contributed by atoms with Crippen LogP contribution in [0.15, 0.2) is 12.1 Å². The Bertz CT molecular complexity index is 351. The molecule has 0 radical (unpaired) electrons. The fourth-order valence-electron chi connectivity index (χ4n) is 2.25. The van der Waals surface area contributed by atoms with E-state index < -0.39 is 6.10 Å². The first-order valence-corrected chi connectivity index (χ1v) is 6.06. The predicted molar refractivity (Wildman–Crippen MR) is 70.2 cm³/mol. The van der Waals surface area contributed by atoms with Crippen LogP contribution < -0.4 is 5.32 Å². The monoisotopic (exact) mass is 237 g/mol. The molecule has 3 nitrogen and oxygen atoms in total. The number of rotatable bonds is 5. The second kappa shape index (κ2) is 6.15. The van der Waals surface area contributed by atoms with Gasteiger partial charge in [-0.05, 0) is 44.4 Å². The van der Waals surface area contributed by atoms with Crippen molar-refractivity contribution in [2.24, 2.45) is 0 Å². The highest BCUT2D eigenvalue weighted by atomic mass is 16.3. The van der Waals surface area contributed by atoms with Gasteiger partial charge in [0, 0.05) is 13.1 Å². The summed E-state index contributed by atoms with van der Waals surface area (Å²) in [5.74, 6) is 0. The van der Waals surface area contributed by atoms with Crippen molar-refractivity contribution in [1.82, 2.24) is 5.32 Å². The number of aliphatic hydroxyl groups excluding tert-OH is 2. The summed E-state index contributed by atoms with van der Waals surface area (Å²) >= 11 is 0. The summed E-state index contributed by atoms with van der Waals surface area (Å²) in [4.78, 5) is 0. The van der Waals surface area contributed by atoms with Gasteiger partial charge in [-0.2, -0.15) is 0 Å². The van der Waals surface area contributed by atoms with Crippen LogP contribution >= 0.6 is 0 Å². The van der Waals surface area contributed by atoms with Gasteiger partial charge in [0.1, 0.15) is 0 Å². The van der Waals surface area contributed by atoms with E-state index in [1.54, 1.807) is 6.92 Å². The second-order valence-electron chi connectivity index (χ2n) is 4.84. The van der Waals surface area contributed by atoms with E-state index in [0.29, 0.717) is 13.1 Å². The molecule has 0 aliphatic rings. The molecule has 2 unspecified atom stereocenters. The Morgan fingerprint density at radius 2 is 1.59 bits per heavy atom. The van der Waals surface area contributed by atoms with Crippen molar-refractivity contribution in [3.05, 3.63) is 34.4 Å². The lowest BCUT2D eigenvalue weighted by atomic mass is 9.95. The van der Waals surface area contributed by atoms with Gasteiger partial charge in [-0.25, -0.2) is 0 Å². The molecule has 0 aliphatic heterocycles. The number of aliphatic hydroxyl groups is 2. The Morgan fingerprint density at radius 3 is 2.06 bits per heavy atom. The van der Waals surface area contributed by atoms with E-state index in [1.165, 1.54) is 5.56 Å². The van der Waals surface area contributed by atoms with E-state index in [1.807, 2.05) is 13.8 Å². The van der Waals surface area contributed by atoms with Crippen molar-refractivity contribution >= 4 is 0 Å². The van der Waals surface area contributed by atoms with Gasteiger partial charge in [-0.1, -0.05) is 17.7 Å². The molecule has 3 heteroatoms. The van der Waals surface area contributed by atoms with Crippen LogP contribution in [0.3, 0.4) is 0 Å². The van der Waals surface area contributed by atoms with Crippen molar-refractivity contribution in [2.45, 2.75) is 39.9 Å². The number of hydrogen-bond acceptors (Lipinski definition) is 3. The smallest absolute Gasteiger partial charge is 0.0919 e. The van der Waals surface area contributed by atoms with Gasteiger partial charge in [-0.3, -0.25) is 0 Å². The minimum Gasteiger partial charge on any atom is -0.392 e. The SMILES string of the molecule is Cc1cc(C)c(C(O)CNCC(C)O)c(C)c1. The molecule has 0 saturated carbocycles. The Kier molecular flexibility index (Phi) is 5.12. The summed E-state index contributed by atoms with van der Waals surface area (Å²) in [6.45, 7) is 8.79. The number of nitrogens with one attached hydrogen (secondary N) is 1. The van der Waals surface area contributed by atoms with E-state index >= 15 is 0 Å². The summed E-state index contributed by atoms with van der Waals surface area (Å²) in [7, 11) is 0. The zero-order valence-corrected chi connectivity index (χ0v) is 11.1. The third-order valence-electron chi connectivity index (χ3n) is 2.85. The van der Waals surface area contributed by atoms with E-state index in [9.17, 15) is 5.11 Å². The van der Waals surface area contributed by atoms with E-state index in [0.717, 1.165) is 16.7 Å². The first-order valence-electron chi connectivity index (χ1n) is 6.06. The zero-order chi connectivity index (χ0) is 13.0. The molecule has 17 heavy (non-hydrogen) atoms. The van der Waals surface area contributed by atoms with E-state index in [2.05, 4.69) is 24.4 Å². The maximum Gasteiger partial charge on any atom is 0.0919 e. The lowest BCUT2D eigenvalue weighted by molar-refractivity contribution is 0.154. The molecular formula is C14H23NO2. The summed E-state index contributed by atoms with van der Waals surface area (Å²) < 4.78 is 0. The predicted octanol–water partition coefficient (Wildman–Crippen LogP) is 1.62. The maximum absolute atomic E-state index is 10.1. The molecule has 0 amide bonds. The quantitative estimate of drug-likeness (QED) is 0.729. The second-order valence-corrected chi connectivity index (χ2v) is 4.84.